The lowest BCUT2D eigenvalue weighted by atomic mass is 9.99. The molecule has 0 radical (unpaired) electrons. The van der Waals surface area contributed by atoms with Gasteiger partial charge >= 0.3 is 5.69 Å². The summed E-state index contributed by atoms with van der Waals surface area (Å²) in [6.07, 6.45) is 5.27. The number of fused-ring (bicyclic) bond motifs is 1. The standard InChI is InChI=1S/C20H28BrN3O3/c1-3-5-7-14(4-2)13-22-18(25)8-6-11-24-19(26)16-12-15(21)9-10-17(16)23-20(24)27/h9-10,12,14H,3-8,11,13H2,1-2H3,(H,22,25)(H,23,27)/t14-/m1/s1. The molecule has 7 heteroatoms. The number of aromatic amines is 1. The van der Waals surface area contributed by atoms with Crippen LogP contribution in [0, 0.1) is 5.92 Å². The first kappa shape index (κ1) is 21.4. The zero-order valence-corrected chi connectivity index (χ0v) is 17.6. The van der Waals surface area contributed by atoms with Crippen LogP contribution in [0.3, 0.4) is 0 Å². The number of nitrogens with zero attached hydrogens (tertiary/aromatic N) is 1. The lowest BCUT2D eigenvalue weighted by Crippen LogP contribution is -2.35. The average Bonchev–Trinajstić information content (AvgIpc) is 2.65. The molecule has 2 aromatic rings. The van der Waals surface area contributed by atoms with E-state index in [1.807, 2.05) is 0 Å². The minimum atomic E-state index is -0.444. The van der Waals surface area contributed by atoms with Gasteiger partial charge in [0.25, 0.3) is 5.56 Å². The van der Waals surface area contributed by atoms with Crippen molar-refractivity contribution in [3.05, 3.63) is 43.5 Å². The fourth-order valence-corrected chi connectivity index (χ4v) is 3.47. The van der Waals surface area contributed by atoms with Crippen molar-refractivity contribution in [2.75, 3.05) is 6.54 Å². The Bertz CT molecular complexity index is 888. The Labute approximate surface area is 167 Å². The topological polar surface area (TPSA) is 84.0 Å². The maximum absolute atomic E-state index is 12.6. The van der Waals surface area contributed by atoms with E-state index in [9.17, 15) is 14.4 Å². The van der Waals surface area contributed by atoms with Gasteiger partial charge in [-0.2, -0.15) is 0 Å². The van der Waals surface area contributed by atoms with Crippen LogP contribution >= 0.6 is 15.9 Å². The summed E-state index contributed by atoms with van der Waals surface area (Å²) in [6.45, 7) is 5.22. The third-order valence-electron chi connectivity index (χ3n) is 4.86. The number of aromatic nitrogens is 2. The van der Waals surface area contributed by atoms with Crippen LogP contribution in [0.4, 0.5) is 0 Å². The molecule has 6 nitrogen and oxygen atoms in total. The molecule has 1 aromatic heterocycles. The predicted molar refractivity (Wildman–Crippen MR) is 112 cm³/mol. The van der Waals surface area contributed by atoms with E-state index >= 15 is 0 Å². The Balaban J connectivity index is 1.92. The Morgan fingerprint density at radius 3 is 2.74 bits per heavy atom. The number of rotatable bonds is 10. The highest BCUT2D eigenvalue weighted by molar-refractivity contribution is 9.10. The molecule has 2 N–H and O–H groups in total. The van der Waals surface area contributed by atoms with Gasteiger partial charge in [-0.25, -0.2) is 4.79 Å². The predicted octanol–water partition coefficient (Wildman–Crippen LogP) is 3.57. The first-order valence-electron chi connectivity index (χ1n) is 9.65. The number of hydrogen-bond donors (Lipinski definition) is 2. The molecule has 2 rings (SSSR count). The molecule has 0 saturated carbocycles. The summed E-state index contributed by atoms with van der Waals surface area (Å²) in [5.74, 6) is 0.483. The third kappa shape index (κ3) is 6.06. The second kappa shape index (κ2) is 10.4. The van der Waals surface area contributed by atoms with E-state index in [-0.39, 0.29) is 18.0 Å². The van der Waals surface area contributed by atoms with Crippen LogP contribution in [0.1, 0.15) is 52.4 Å². The number of carbonyl (C=O) groups is 1. The molecule has 0 spiro atoms. The van der Waals surface area contributed by atoms with Gasteiger partial charge in [-0.3, -0.25) is 14.2 Å². The summed E-state index contributed by atoms with van der Waals surface area (Å²) in [5, 5.41) is 3.43. The summed E-state index contributed by atoms with van der Waals surface area (Å²) < 4.78 is 1.94. The maximum Gasteiger partial charge on any atom is 0.328 e. The van der Waals surface area contributed by atoms with E-state index in [1.165, 1.54) is 6.42 Å². The van der Waals surface area contributed by atoms with E-state index in [1.54, 1.807) is 18.2 Å². The molecule has 148 valence electrons. The van der Waals surface area contributed by atoms with Crippen molar-refractivity contribution in [1.82, 2.24) is 14.9 Å². The van der Waals surface area contributed by atoms with Crippen LogP contribution in [0.25, 0.3) is 10.9 Å². The van der Waals surface area contributed by atoms with Gasteiger partial charge in [-0.15, -0.1) is 0 Å². The molecule has 1 amide bonds. The number of hydrogen-bond acceptors (Lipinski definition) is 3. The number of carbonyl (C=O) groups excluding carboxylic acids is 1. The fourth-order valence-electron chi connectivity index (χ4n) is 3.11. The van der Waals surface area contributed by atoms with Crippen LogP contribution in [-0.2, 0) is 11.3 Å². The zero-order chi connectivity index (χ0) is 19.8. The number of halogens is 1. The summed E-state index contributed by atoms with van der Waals surface area (Å²) in [4.78, 5) is 39.5. The molecule has 0 bridgehead atoms. The van der Waals surface area contributed by atoms with Gasteiger partial charge in [0.1, 0.15) is 0 Å². The molecule has 0 saturated heterocycles. The molecule has 0 fully saturated rings. The monoisotopic (exact) mass is 437 g/mol. The van der Waals surface area contributed by atoms with Gasteiger partial charge < -0.3 is 10.3 Å². The highest BCUT2D eigenvalue weighted by atomic mass is 79.9. The number of H-pyrrole nitrogens is 1. The largest absolute Gasteiger partial charge is 0.356 e. The molecule has 27 heavy (non-hydrogen) atoms. The van der Waals surface area contributed by atoms with Crippen LogP contribution < -0.4 is 16.6 Å². The lowest BCUT2D eigenvalue weighted by Gasteiger charge is -2.15. The van der Waals surface area contributed by atoms with Gasteiger partial charge in [0.05, 0.1) is 10.9 Å². The minimum Gasteiger partial charge on any atom is -0.356 e. The highest BCUT2D eigenvalue weighted by Crippen LogP contribution is 2.14. The van der Waals surface area contributed by atoms with Gasteiger partial charge in [0, 0.05) is 24.0 Å². The SMILES string of the molecule is CCCC[C@@H](CC)CNC(=O)CCCn1c(=O)[nH]c2ccc(Br)cc2c1=O. The van der Waals surface area contributed by atoms with Crippen molar-refractivity contribution in [1.29, 1.82) is 0 Å². The number of unbranched alkanes of at least 4 members (excludes halogenated alkanes) is 1. The van der Waals surface area contributed by atoms with E-state index in [0.29, 0.717) is 36.2 Å². The van der Waals surface area contributed by atoms with Crippen LogP contribution in [-0.4, -0.2) is 22.0 Å². The van der Waals surface area contributed by atoms with Gasteiger partial charge in [0.2, 0.25) is 5.91 Å². The molecular formula is C20H28BrN3O3. The zero-order valence-electron chi connectivity index (χ0n) is 16.0. The molecule has 1 heterocycles. The Hall–Kier alpha value is -1.89. The van der Waals surface area contributed by atoms with Crippen LogP contribution in [0.2, 0.25) is 0 Å². The van der Waals surface area contributed by atoms with E-state index < -0.39 is 5.69 Å². The number of nitrogens with one attached hydrogen (secondary N) is 2. The summed E-state index contributed by atoms with van der Waals surface area (Å²) >= 11 is 3.34. The summed E-state index contributed by atoms with van der Waals surface area (Å²) in [6, 6.07) is 5.16. The van der Waals surface area contributed by atoms with E-state index in [4.69, 9.17) is 0 Å². The normalized spacial score (nSPS) is 12.3. The lowest BCUT2D eigenvalue weighted by molar-refractivity contribution is -0.121. The fraction of sp³-hybridized carbons (Fsp3) is 0.550. The Morgan fingerprint density at radius 1 is 1.26 bits per heavy atom. The average molecular weight is 438 g/mol. The molecule has 1 aromatic carbocycles. The van der Waals surface area contributed by atoms with Crippen molar-refractivity contribution in [2.45, 2.75) is 58.9 Å². The molecule has 0 unspecified atom stereocenters. The highest BCUT2D eigenvalue weighted by Gasteiger charge is 2.11. The molecule has 0 aliphatic heterocycles. The van der Waals surface area contributed by atoms with Crippen molar-refractivity contribution >= 4 is 32.7 Å². The molecular weight excluding hydrogens is 410 g/mol. The molecule has 0 aliphatic rings. The van der Waals surface area contributed by atoms with E-state index in [2.05, 4.69) is 40.1 Å². The van der Waals surface area contributed by atoms with Crippen LogP contribution in [0.5, 0.6) is 0 Å². The van der Waals surface area contributed by atoms with Crippen molar-refractivity contribution < 1.29 is 4.79 Å². The van der Waals surface area contributed by atoms with Crippen molar-refractivity contribution in [3.63, 3.8) is 0 Å². The first-order valence-corrected chi connectivity index (χ1v) is 10.4. The number of amides is 1. The van der Waals surface area contributed by atoms with Gasteiger partial charge in [0.15, 0.2) is 0 Å². The minimum absolute atomic E-state index is 0.0297. The summed E-state index contributed by atoms with van der Waals surface area (Å²) in [7, 11) is 0. The van der Waals surface area contributed by atoms with Crippen molar-refractivity contribution in [3.8, 4) is 0 Å². The van der Waals surface area contributed by atoms with E-state index in [0.717, 1.165) is 28.3 Å². The number of benzene rings is 1. The quantitative estimate of drug-likeness (QED) is 0.595. The maximum atomic E-state index is 12.6. The Morgan fingerprint density at radius 2 is 2.04 bits per heavy atom. The smallest absolute Gasteiger partial charge is 0.328 e. The first-order chi connectivity index (χ1) is 13.0. The molecule has 0 aliphatic carbocycles. The van der Waals surface area contributed by atoms with Gasteiger partial charge in [-0.05, 0) is 37.0 Å². The second-order valence-corrected chi connectivity index (χ2v) is 7.82. The van der Waals surface area contributed by atoms with Gasteiger partial charge in [-0.1, -0.05) is 49.0 Å². The van der Waals surface area contributed by atoms with Crippen molar-refractivity contribution in [2.24, 2.45) is 5.92 Å². The molecule has 1 atom stereocenters. The third-order valence-corrected chi connectivity index (χ3v) is 5.35. The Kier molecular flexibility index (Phi) is 8.28. The summed E-state index contributed by atoms with van der Waals surface area (Å²) in [5.41, 5.74) is -0.262. The van der Waals surface area contributed by atoms with Crippen LogP contribution in [0.15, 0.2) is 32.3 Å². The second-order valence-electron chi connectivity index (χ2n) is 6.90.